The molecule has 1 aliphatic rings. The Bertz CT molecular complexity index is 831. The minimum atomic E-state index is -0.597. The Kier molecular flexibility index (Phi) is 5.99. The lowest BCUT2D eigenvalue weighted by atomic mass is 9.92. The number of rotatable bonds is 8. The summed E-state index contributed by atoms with van der Waals surface area (Å²) < 4.78 is 5.46. The van der Waals surface area contributed by atoms with Crippen LogP contribution in [0, 0.1) is 5.41 Å². The summed E-state index contributed by atoms with van der Waals surface area (Å²) in [5, 5.41) is 13.6. The molecule has 148 valence electrons. The highest BCUT2D eigenvalue weighted by atomic mass is 16.5. The van der Waals surface area contributed by atoms with Gasteiger partial charge in [-0.3, -0.25) is 9.59 Å². The minimum absolute atomic E-state index is 0.0789. The predicted octanol–water partition coefficient (Wildman–Crippen LogP) is 2.40. The molecule has 1 unspecified atom stereocenters. The van der Waals surface area contributed by atoms with E-state index in [-0.39, 0.29) is 23.8 Å². The van der Waals surface area contributed by atoms with Gasteiger partial charge in [-0.05, 0) is 36.6 Å². The summed E-state index contributed by atoms with van der Waals surface area (Å²) in [4.78, 5) is 25.6. The molecule has 1 aliphatic carbocycles. The molecule has 2 aromatic rings. The van der Waals surface area contributed by atoms with Crippen molar-refractivity contribution in [3.8, 4) is 5.75 Å². The van der Waals surface area contributed by atoms with Crippen LogP contribution in [0.25, 0.3) is 0 Å². The zero-order valence-electron chi connectivity index (χ0n) is 16.2. The first-order valence-electron chi connectivity index (χ1n) is 9.35. The Morgan fingerprint density at radius 1 is 1.14 bits per heavy atom. The molecule has 2 N–H and O–H groups in total. The number of hydrogen-bond acceptors (Lipinski definition) is 4. The van der Waals surface area contributed by atoms with Gasteiger partial charge >= 0.3 is 0 Å². The fourth-order valence-electron chi connectivity index (χ4n) is 3.06. The standard InChI is InChI=1S/C22H26N2O4/c1-24(2)19(25)14-28-18-10-6-9-17(13-18)21(27)23-15-22(11-12-22)20(26)16-7-4-3-5-8-16/h3-10,13,20,26H,11-12,14-15H2,1-2H3,(H,23,27). The van der Waals surface area contributed by atoms with Crippen molar-refractivity contribution in [2.45, 2.75) is 18.9 Å². The van der Waals surface area contributed by atoms with Crippen molar-refractivity contribution >= 4 is 11.8 Å². The van der Waals surface area contributed by atoms with Gasteiger partial charge < -0.3 is 20.1 Å². The molecule has 0 spiro atoms. The summed E-state index contributed by atoms with van der Waals surface area (Å²) in [6, 6.07) is 16.3. The van der Waals surface area contributed by atoms with Gasteiger partial charge in [0, 0.05) is 31.6 Å². The molecule has 1 saturated carbocycles. The molecule has 0 aromatic heterocycles. The predicted molar refractivity (Wildman–Crippen MR) is 106 cm³/mol. The third kappa shape index (κ3) is 4.70. The van der Waals surface area contributed by atoms with Crippen LogP contribution >= 0.6 is 0 Å². The lowest BCUT2D eigenvalue weighted by molar-refractivity contribution is -0.130. The van der Waals surface area contributed by atoms with Crippen LogP contribution < -0.4 is 10.1 Å². The Hall–Kier alpha value is -2.86. The van der Waals surface area contributed by atoms with E-state index in [0.717, 1.165) is 18.4 Å². The molecule has 6 heteroatoms. The van der Waals surface area contributed by atoms with E-state index in [9.17, 15) is 14.7 Å². The third-order valence-electron chi connectivity index (χ3n) is 5.15. The lowest BCUT2D eigenvalue weighted by Crippen LogP contribution is -2.33. The van der Waals surface area contributed by atoms with Crippen molar-refractivity contribution in [3.05, 3.63) is 65.7 Å². The first-order valence-corrected chi connectivity index (χ1v) is 9.35. The van der Waals surface area contributed by atoms with Crippen LogP contribution in [0.15, 0.2) is 54.6 Å². The maximum absolute atomic E-state index is 12.6. The number of benzene rings is 2. The first-order chi connectivity index (χ1) is 13.4. The zero-order valence-corrected chi connectivity index (χ0v) is 16.2. The maximum Gasteiger partial charge on any atom is 0.259 e. The van der Waals surface area contributed by atoms with E-state index in [4.69, 9.17) is 4.74 Å². The first kappa shape index (κ1) is 19.9. The normalized spacial score (nSPS) is 15.4. The van der Waals surface area contributed by atoms with Gasteiger partial charge in [0.15, 0.2) is 6.61 Å². The molecular weight excluding hydrogens is 356 g/mol. The maximum atomic E-state index is 12.6. The van der Waals surface area contributed by atoms with E-state index in [1.54, 1.807) is 38.4 Å². The lowest BCUT2D eigenvalue weighted by Gasteiger charge is -2.23. The topological polar surface area (TPSA) is 78.9 Å². The number of ether oxygens (including phenoxy) is 1. The number of nitrogens with one attached hydrogen (secondary N) is 1. The second-order valence-corrected chi connectivity index (χ2v) is 7.46. The highest BCUT2D eigenvalue weighted by molar-refractivity contribution is 5.94. The molecule has 0 aliphatic heterocycles. The van der Waals surface area contributed by atoms with Crippen molar-refractivity contribution in [3.63, 3.8) is 0 Å². The van der Waals surface area contributed by atoms with E-state index in [0.29, 0.717) is 17.9 Å². The minimum Gasteiger partial charge on any atom is -0.484 e. The van der Waals surface area contributed by atoms with Crippen molar-refractivity contribution in [1.82, 2.24) is 10.2 Å². The van der Waals surface area contributed by atoms with Crippen molar-refractivity contribution in [2.24, 2.45) is 5.41 Å². The van der Waals surface area contributed by atoms with Crippen molar-refractivity contribution in [2.75, 3.05) is 27.2 Å². The highest BCUT2D eigenvalue weighted by Crippen LogP contribution is 2.54. The van der Waals surface area contributed by atoms with Gasteiger partial charge in [0.05, 0.1) is 6.10 Å². The fraction of sp³-hybridized carbons (Fsp3) is 0.364. The average Bonchev–Trinajstić information content (AvgIpc) is 3.51. The Morgan fingerprint density at radius 3 is 2.50 bits per heavy atom. The number of likely N-dealkylation sites (N-methyl/N-ethyl adjacent to an activating group) is 1. The van der Waals surface area contributed by atoms with Crippen LogP contribution in [0.1, 0.15) is 34.9 Å². The summed E-state index contributed by atoms with van der Waals surface area (Å²) in [5.74, 6) is 0.0876. The molecule has 0 saturated heterocycles. The number of hydrogen-bond donors (Lipinski definition) is 2. The molecule has 0 bridgehead atoms. The number of carbonyl (C=O) groups excluding carboxylic acids is 2. The second-order valence-electron chi connectivity index (χ2n) is 7.46. The summed E-state index contributed by atoms with van der Waals surface area (Å²) in [7, 11) is 3.32. The van der Waals surface area contributed by atoms with Crippen LogP contribution in [0.4, 0.5) is 0 Å². The highest BCUT2D eigenvalue weighted by Gasteiger charge is 2.49. The summed E-state index contributed by atoms with van der Waals surface area (Å²) in [6.07, 6.45) is 1.15. The second kappa shape index (κ2) is 8.44. The molecule has 3 rings (SSSR count). The number of carbonyl (C=O) groups is 2. The fourth-order valence-corrected chi connectivity index (χ4v) is 3.06. The van der Waals surface area contributed by atoms with Gasteiger partial charge in [-0.25, -0.2) is 0 Å². The summed E-state index contributed by atoms with van der Waals surface area (Å²) in [6.45, 7) is 0.330. The van der Waals surface area contributed by atoms with Gasteiger partial charge in [0.2, 0.25) is 0 Å². The molecule has 6 nitrogen and oxygen atoms in total. The van der Waals surface area contributed by atoms with Crippen LogP contribution in [0.2, 0.25) is 0 Å². The molecule has 28 heavy (non-hydrogen) atoms. The van der Waals surface area contributed by atoms with Crippen molar-refractivity contribution < 1.29 is 19.4 Å². The van der Waals surface area contributed by atoms with E-state index >= 15 is 0 Å². The van der Waals surface area contributed by atoms with Gasteiger partial charge in [-0.2, -0.15) is 0 Å². The van der Waals surface area contributed by atoms with Crippen molar-refractivity contribution in [1.29, 1.82) is 0 Å². The van der Waals surface area contributed by atoms with Gasteiger partial charge in [-0.15, -0.1) is 0 Å². The Morgan fingerprint density at radius 2 is 1.86 bits per heavy atom. The average molecular weight is 382 g/mol. The zero-order chi connectivity index (χ0) is 20.1. The van der Waals surface area contributed by atoms with E-state index in [2.05, 4.69) is 5.32 Å². The SMILES string of the molecule is CN(C)C(=O)COc1cccc(C(=O)NCC2(C(O)c3ccccc3)CC2)c1. The number of nitrogens with zero attached hydrogens (tertiary/aromatic N) is 1. The number of aliphatic hydroxyl groups excluding tert-OH is 1. The molecule has 1 fully saturated rings. The van der Waals surface area contributed by atoms with Crippen LogP contribution in [0.3, 0.4) is 0 Å². The van der Waals surface area contributed by atoms with Crippen LogP contribution in [0.5, 0.6) is 5.75 Å². The number of amides is 2. The molecular formula is C22H26N2O4. The monoisotopic (exact) mass is 382 g/mol. The Labute approximate surface area is 165 Å². The van der Waals surface area contributed by atoms with Gasteiger partial charge in [-0.1, -0.05) is 36.4 Å². The number of aliphatic hydroxyl groups is 1. The third-order valence-corrected chi connectivity index (χ3v) is 5.15. The molecule has 2 aromatic carbocycles. The van der Waals surface area contributed by atoms with E-state index < -0.39 is 6.10 Å². The largest absolute Gasteiger partial charge is 0.484 e. The smallest absolute Gasteiger partial charge is 0.259 e. The molecule has 0 heterocycles. The molecule has 2 amide bonds. The van der Waals surface area contributed by atoms with Gasteiger partial charge in [0.1, 0.15) is 5.75 Å². The van der Waals surface area contributed by atoms with Crippen LogP contribution in [-0.2, 0) is 4.79 Å². The van der Waals surface area contributed by atoms with E-state index in [1.807, 2.05) is 30.3 Å². The van der Waals surface area contributed by atoms with Crippen LogP contribution in [-0.4, -0.2) is 49.1 Å². The van der Waals surface area contributed by atoms with E-state index in [1.165, 1.54) is 4.90 Å². The summed E-state index contributed by atoms with van der Waals surface area (Å²) in [5.41, 5.74) is 1.03. The van der Waals surface area contributed by atoms with Gasteiger partial charge in [0.25, 0.3) is 11.8 Å². The Balaban J connectivity index is 1.58. The summed E-state index contributed by atoms with van der Waals surface area (Å²) >= 11 is 0. The molecule has 1 atom stereocenters. The molecule has 0 radical (unpaired) electrons. The quantitative estimate of drug-likeness (QED) is 0.735.